The molecule has 0 amide bonds. The Balaban J connectivity index is 2.99. The Bertz CT molecular complexity index is 405. The molecule has 0 heterocycles. The number of phenols is 1. The summed E-state index contributed by atoms with van der Waals surface area (Å²) in [4.78, 5) is 11.2. The van der Waals surface area contributed by atoms with Gasteiger partial charge in [0, 0.05) is 6.54 Å². The molecule has 0 aliphatic carbocycles. The van der Waals surface area contributed by atoms with Gasteiger partial charge in [0.05, 0.1) is 11.7 Å². The smallest absolute Gasteiger partial charge is 0.163 e. The predicted octanol–water partition coefficient (Wildman–Crippen LogP) is 0.208. The van der Waals surface area contributed by atoms with E-state index in [-0.39, 0.29) is 23.6 Å². The SMILES string of the molecule is CNCC(O)C(O)c1ccc(O)c(C(C)=O)c1. The number of nitrogens with one attached hydrogen (secondary N) is 1. The van der Waals surface area contributed by atoms with E-state index in [0.29, 0.717) is 5.56 Å². The van der Waals surface area contributed by atoms with Crippen LogP contribution in [-0.2, 0) is 0 Å². The number of phenolic OH excluding ortho intramolecular Hbond substituents is 1. The van der Waals surface area contributed by atoms with Crippen LogP contribution in [0.15, 0.2) is 18.2 Å². The van der Waals surface area contributed by atoms with E-state index >= 15 is 0 Å². The van der Waals surface area contributed by atoms with Crippen molar-refractivity contribution in [2.45, 2.75) is 19.1 Å². The first kappa shape index (κ1) is 13.6. The van der Waals surface area contributed by atoms with Crippen LogP contribution in [0.2, 0.25) is 0 Å². The molecule has 0 fully saturated rings. The maximum absolute atomic E-state index is 11.2. The maximum Gasteiger partial charge on any atom is 0.163 e. The molecule has 0 aromatic heterocycles. The van der Waals surface area contributed by atoms with Gasteiger partial charge in [-0.25, -0.2) is 0 Å². The van der Waals surface area contributed by atoms with Crippen molar-refractivity contribution in [3.05, 3.63) is 29.3 Å². The van der Waals surface area contributed by atoms with Crippen molar-refractivity contribution in [2.75, 3.05) is 13.6 Å². The minimum absolute atomic E-state index is 0.128. The molecule has 5 nitrogen and oxygen atoms in total. The van der Waals surface area contributed by atoms with Crippen LogP contribution in [0, 0.1) is 0 Å². The number of aliphatic hydroxyl groups excluding tert-OH is 2. The molecule has 0 saturated heterocycles. The Morgan fingerprint density at radius 1 is 1.41 bits per heavy atom. The van der Waals surface area contributed by atoms with Crippen LogP contribution in [-0.4, -0.2) is 40.8 Å². The predicted molar refractivity (Wildman–Crippen MR) is 63.0 cm³/mol. The van der Waals surface area contributed by atoms with E-state index in [1.165, 1.54) is 25.1 Å². The van der Waals surface area contributed by atoms with E-state index in [1.807, 2.05) is 0 Å². The second-order valence-electron chi connectivity index (χ2n) is 3.90. The largest absolute Gasteiger partial charge is 0.507 e. The van der Waals surface area contributed by atoms with E-state index in [4.69, 9.17) is 0 Å². The minimum Gasteiger partial charge on any atom is -0.507 e. The summed E-state index contributed by atoms with van der Waals surface area (Å²) >= 11 is 0. The third kappa shape index (κ3) is 3.26. The molecule has 0 spiro atoms. The molecule has 1 aromatic carbocycles. The summed E-state index contributed by atoms with van der Waals surface area (Å²) in [5, 5.41) is 31.6. The Morgan fingerprint density at radius 2 is 2.06 bits per heavy atom. The van der Waals surface area contributed by atoms with Gasteiger partial charge in [-0.2, -0.15) is 0 Å². The minimum atomic E-state index is -1.10. The first-order valence-electron chi connectivity index (χ1n) is 5.32. The molecule has 0 aliphatic heterocycles. The molecule has 2 atom stereocenters. The molecule has 17 heavy (non-hydrogen) atoms. The van der Waals surface area contributed by atoms with Gasteiger partial charge in [0.15, 0.2) is 5.78 Å². The highest BCUT2D eigenvalue weighted by atomic mass is 16.3. The van der Waals surface area contributed by atoms with Crippen molar-refractivity contribution in [2.24, 2.45) is 0 Å². The zero-order valence-corrected chi connectivity index (χ0v) is 9.84. The molecule has 94 valence electrons. The lowest BCUT2D eigenvalue weighted by Gasteiger charge is -2.18. The molecule has 2 unspecified atom stereocenters. The normalized spacial score (nSPS) is 14.4. The molecule has 0 aliphatic rings. The van der Waals surface area contributed by atoms with E-state index in [9.17, 15) is 20.1 Å². The molecule has 1 rings (SSSR count). The van der Waals surface area contributed by atoms with Gasteiger partial charge >= 0.3 is 0 Å². The molecule has 0 bridgehead atoms. The van der Waals surface area contributed by atoms with Crippen LogP contribution in [0.25, 0.3) is 0 Å². The number of aromatic hydroxyl groups is 1. The highest BCUT2D eigenvalue weighted by Crippen LogP contribution is 2.24. The quantitative estimate of drug-likeness (QED) is 0.551. The average molecular weight is 239 g/mol. The van der Waals surface area contributed by atoms with Gasteiger partial charge < -0.3 is 20.6 Å². The fraction of sp³-hybridized carbons (Fsp3) is 0.417. The standard InChI is InChI=1S/C12H17NO4/c1-7(14)9-5-8(3-4-10(9)15)12(17)11(16)6-13-2/h3-5,11-13,15-17H,6H2,1-2H3. The van der Waals surface area contributed by atoms with Crippen LogP contribution in [0.3, 0.4) is 0 Å². The average Bonchev–Trinajstić information content (AvgIpc) is 2.28. The zero-order chi connectivity index (χ0) is 13.0. The van der Waals surface area contributed by atoms with Crippen molar-refractivity contribution >= 4 is 5.78 Å². The Hall–Kier alpha value is -1.43. The van der Waals surface area contributed by atoms with Gasteiger partial charge in [-0.05, 0) is 31.7 Å². The second kappa shape index (κ2) is 5.77. The molecule has 1 aromatic rings. The number of aliphatic hydroxyl groups is 2. The third-order valence-electron chi connectivity index (χ3n) is 2.52. The van der Waals surface area contributed by atoms with E-state index < -0.39 is 12.2 Å². The van der Waals surface area contributed by atoms with Crippen molar-refractivity contribution in [3.63, 3.8) is 0 Å². The zero-order valence-electron chi connectivity index (χ0n) is 9.84. The van der Waals surface area contributed by atoms with Crippen molar-refractivity contribution in [1.29, 1.82) is 0 Å². The lowest BCUT2D eigenvalue weighted by molar-refractivity contribution is 0.0202. The number of hydrogen-bond donors (Lipinski definition) is 4. The summed E-state index contributed by atoms with van der Waals surface area (Å²) in [5.74, 6) is -0.420. The number of carbonyl (C=O) groups excluding carboxylic acids is 1. The summed E-state index contributed by atoms with van der Waals surface area (Å²) in [6.07, 6.45) is -2.06. The van der Waals surface area contributed by atoms with Crippen LogP contribution in [0.1, 0.15) is 28.9 Å². The third-order valence-corrected chi connectivity index (χ3v) is 2.52. The Morgan fingerprint density at radius 3 is 2.59 bits per heavy atom. The molecular formula is C12H17NO4. The number of benzene rings is 1. The number of carbonyl (C=O) groups is 1. The van der Waals surface area contributed by atoms with Crippen LogP contribution in [0.5, 0.6) is 5.75 Å². The fourth-order valence-electron chi connectivity index (χ4n) is 1.56. The second-order valence-corrected chi connectivity index (χ2v) is 3.90. The lowest BCUT2D eigenvalue weighted by Crippen LogP contribution is -2.29. The Kier molecular flexibility index (Phi) is 4.62. The van der Waals surface area contributed by atoms with Crippen LogP contribution < -0.4 is 5.32 Å². The van der Waals surface area contributed by atoms with Gasteiger partial charge in [-0.3, -0.25) is 4.79 Å². The number of hydrogen-bond acceptors (Lipinski definition) is 5. The number of Topliss-reactive ketones (excluding diaryl/α,β-unsaturated/α-hetero) is 1. The van der Waals surface area contributed by atoms with Crippen molar-refractivity contribution in [3.8, 4) is 5.75 Å². The topological polar surface area (TPSA) is 89.8 Å². The molecule has 4 N–H and O–H groups in total. The number of likely N-dealkylation sites (N-methyl/N-ethyl adjacent to an activating group) is 1. The fourth-order valence-corrected chi connectivity index (χ4v) is 1.56. The van der Waals surface area contributed by atoms with Gasteiger partial charge in [0.2, 0.25) is 0 Å². The van der Waals surface area contributed by atoms with Crippen LogP contribution in [0.4, 0.5) is 0 Å². The highest BCUT2D eigenvalue weighted by molar-refractivity contribution is 5.96. The van der Waals surface area contributed by atoms with Gasteiger partial charge in [-0.15, -0.1) is 0 Å². The molecule has 0 saturated carbocycles. The monoisotopic (exact) mass is 239 g/mol. The van der Waals surface area contributed by atoms with Gasteiger partial charge in [0.1, 0.15) is 11.9 Å². The summed E-state index contributed by atoms with van der Waals surface area (Å²) in [7, 11) is 1.66. The van der Waals surface area contributed by atoms with Crippen molar-refractivity contribution < 1.29 is 20.1 Å². The van der Waals surface area contributed by atoms with Crippen LogP contribution >= 0.6 is 0 Å². The number of ketones is 1. The Labute approximate surface area is 99.7 Å². The summed E-state index contributed by atoms with van der Waals surface area (Å²) in [6, 6.07) is 4.20. The summed E-state index contributed by atoms with van der Waals surface area (Å²) in [5.41, 5.74) is 0.536. The van der Waals surface area contributed by atoms with E-state index in [2.05, 4.69) is 5.32 Å². The van der Waals surface area contributed by atoms with E-state index in [0.717, 1.165) is 0 Å². The van der Waals surface area contributed by atoms with Gasteiger partial charge in [0.25, 0.3) is 0 Å². The number of rotatable bonds is 5. The molecular weight excluding hydrogens is 222 g/mol. The first-order chi connectivity index (χ1) is 7.97. The summed E-state index contributed by atoms with van der Waals surface area (Å²) in [6.45, 7) is 1.56. The highest BCUT2D eigenvalue weighted by Gasteiger charge is 2.19. The lowest BCUT2D eigenvalue weighted by atomic mass is 10.00. The van der Waals surface area contributed by atoms with E-state index in [1.54, 1.807) is 7.05 Å². The molecule has 5 heteroatoms. The van der Waals surface area contributed by atoms with Gasteiger partial charge in [-0.1, -0.05) is 6.07 Å². The molecule has 0 radical (unpaired) electrons. The first-order valence-corrected chi connectivity index (χ1v) is 5.32. The van der Waals surface area contributed by atoms with Crippen molar-refractivity contribution in [1.82, 2.24) is 5.32 Å². The maximum atomic E-state index is 11.2. The summed E-state index contributed by atoms with van der Waals surface area (Å²) < 4.78 is 0.